The fourth-order valence-corrected chi connectivity index (χ4v) is 3.40. The number of amides is 4. The van der Waals surface area contributed by atoms with Crippen LogP contribution in [0.4, 0.5) is 4.79 Å². The summed E-state index contributed by atoms with van der Waals surface area (Å²) in [5.74, 6) is -0.549. The Morgan fingerprint density at radius 3 is 2.78 bits per heavy atom. The van der Waals surface area contributed by atoms with E-state index in [0.717, 1.165) is 18.4 Å². The molecular formula is C16H18ClN3O3. The number of carbonyl (C=O) groups is 3. The van der Waals surface area contributed by atoms with Gasteiger partial charge < -0.3 is 10.2 Å². The van der Waals surface area contributed by atoms with Crippen molar-refractivity contribution in [3.63, 3.8) is 0 Å². The Hall–Kier alpha value is -2.08. The number of rotatable bonds is 4. The van der Waals surface area contributed by atoms with Crippen molar-refractivity contribution in [2.45, 2.75) is 37.8 Å². The fraction of sp³-hybridized carbons (Fsp3) is 0.438. The number of nitrogens with one attached hydrogen (secondary N) is 2. The highest BCUT2D eigenvalue weighted by Crippen LogP contribution is 2.25. The topological polar surface area (TPSA) is 78.5 Å². The highest BCUT2D eigenvalue weighted by Gasteiger charge is 2.35. The first-order valence-corrected chi connectivity index (χ1v) is 8.06. The monoisotopic (exact) mass is 335 g/mol. The highest BCUT2D eigenvalue weighted by atomic mass is 35.5. The normalized spacial score (nSPS) is 23.8. The molecule has 0 aromatic heterocycles. The van der Waals surface area contributed by atoms with Crippen LogP contribution < -0.4 is 10.6 Å². The van der Waals surface area contributed by atoms with E-state index in [0.29, 0.717) is 18.0 Å². The van der Waals surface area contributed by atoms with Crippen LogP contribution in [0.2, 0.25) is 5.02 Å². The predicted octanol–water partition coefficient (Wildman–Crippen LogP) is 1.47. The lowest BCUT2D eigenvalue weighted by atomic mass is 10.0. The van der Waals surface area contributed by atoms with Gasteiger partial charge in [0.2, 0.25) is 5.91 Å². The molecule has 2 N–H and O–H groups in total. The Balaban J connectivity index is 1.64. The lowest BCUT2D eigenvalue weighted by molar-refractivity contribution is -0.134. The lowest BCUT2D eigenvalue weighted by Gasteiger charge is -2.26. The van der Waals surface area contributed by atoms with Crippen molar-refractivity contribution in [1.29, 1.82) is 0 Å². The summed E-state index contributed by atoms with van der Waals surface area (Å²) in [6, 6.07) is 6.40. The molecule has 0 bridgehead atoms. The van der Waals surface area contributed by atoms with Crippen LogP contribution in [-0.4, -0.2) is 41.4 Å². The number of benzene rings is 1. The van der Waals surface area contributed by atoms with Gasteiger partial charge in [-0.15, -0.1) is 0 Å². The van der Waals surface area contributed by atoms with E-state index in [9.17, 15) is 14.4 Å². The SMILES string of the molecule is O=C1NC(=O)C(CC(=O)N2CCCC2Cc2ccccc2Cl)N1. The number of likely N-dealkylation sites (tertiary alicyclic amines) is 1. The zero-order valence-corrected chi connectivity index (χ0v) is 13.3. The highest BCUT2D eigenvalue weighted by molar-refractivity contribution is 6.31. The molecule has 2 atom stereocenters. The van der Waals surface area contributed by atoms with Crippen molar-refractivity contribution in [3.05, 3.63) is 34.9 Å². The Labute approximate surface area is 139 Å². The fourth-order valence-electron chi connectivity index (χ4n) is 3.19. The maximum Gasteiger partial charge on any atom is 0.322 e. The van der Waals surface area contributed by atoms with E-state index in [1.165, 1.54) is 0 Å². The first kappa shape index (κ1) is 15.8. The van der Waals surface area contributed by atoms with Crippen molar-refractivity contribution in [3.8, 4) is 0 Å². The Morgan fingerprint density at radius 1 is 1.30 bits per heavy atom. The van der Waals surface area contributed by atoms with E-state index in [-0.39, 0.29) is 18.4 Å². The number of halogens is 1. The molecule has 0 aliphatic carbocycles. The predicted molar refractivity (Wildman–Crippen MR) is 85.0 cm³/mol. The first-order valence-electron chi connectivity index (χ1n) is 7.69. The number of carbonyl (C=O) groups excluding carboxylic acids is 3. The van der Waals surface area contributed by atoms with Crippen LogP contribution in [0.5, 0.6) is 0 Å². The largest absolute Gasteiger partial charge is 0.339 e. The third-order valence-corrected chi connectivity index (χ3v) is 4.72. The molecule has 2 saturated heterocycles. The molecule has 2 unspecified atom stereocenters. The summed E-state index contributed by atoms with van der Waals surface area (Å²) in [5.41, 5.74) is 1.02. The van der Waals surface area contributed by atoms with Gasteiger partial charge in [-0.25, -0.2) is 4.79 Å². The second-order valence-electron chi connectivity index (χ2n) is 5.90. The van der Waals surface area contributed by atoms with Gasteiger partial charge in [0.1, 0.15) is 6.04 Å². The molecule has 0 saturated carbocycles. The minimum Gasteiger partial charge on any atom is -0.339 e. The molecule has 0 spiro atoms. The molecule has 2 heterocycles. The molecule has 2 aliphatic rings. The third kappa shape index (κ3) is 3.47. The van der Waals surface area contributed by atoms with E-state index in [2.05, 4.69) is 10.6 Å². The molecule has 1 aromatic rings. The molecule has 2 fully saturated rings. The van der Waals surface area contributed by atoms with E-state index in [1.54, 1.807) is 4.90 Å². The Kier molecular flexibility index (Phi) is 4.52. The van der Waals surface area contributed by atoms with Crippen LogP contribution in [0, 0.1) is 0 Å². The summed E-state index contributed by atoms with van der Waals surface area (Å²) in [6.45, 7) is 0.677. The standard InChI is InChI=1S/C16H18ClN3O3/c17-12-6-2-1-4-10(12)8-11-5-3-7-20(11)14(21)9-13-15(22)19-16(23)18-13/h1-2,4,6,11,13H,3,5,7-9H2,(H2,18,19,22,23). The molecular weight excluding hydrogens is 318 g/mol. The van der Waals surface area contributed by atoms with Crippen LogP contribution in [0.1, 0.15) is 24.8 Å². The minimum atomic E-state index is -0.767. The van der Waals surface area contributed by atoms with Gasteiger partial charge in [0.15, 0.2) is 0 Å². The zero-order valence-electron chi connectivity index (χ0n) is 12.5. The summed E-state index contributed by atoms with van der Waals surface area (Å²) in [7, 11) is 0. The van der Waals surface area contributed by atoms with E-state index in [1.807, 2.05) is 24.3 Å². The van der Waals surface area contributed by atoms with Crippen LogP contribution in [0.25, 0.3) is 0 Å². The van der Waals surface area contributed by atoms with Crippen molar-refractivity contribution in [2.75, 3.05) is 6.54 Å². The van der Waals surface area contributed by atoms with Gasteiger partial charge in [-0.05, 0) is 30.9 Å². The van der Waals surface area contributed by atoms with Crippen molar-refractivity contribution >= 4 is 29.4 Å². The summed E-state index contributed by atoms with van der Waals surface area (Å²) in [6.07, 6.45) is 2.55. The van der Waals surface area contributed by atoms with Crippen molar-refractivity contribution < 1.29 is 14.4 Å². The maximum atomic E-state index is 12.5. The lowest BCUT2D eigenvalue weighted by Crippen LogP contribution is -2.41. The van der Waals surface area contributed by atoms with Crippen molar-refractivity contribution in [2.24, 2.45) is 0 Å². The third-order valence-electron chi connectivity index (χ3n) is 4.35. The van der Waals surface area contributed by atoms with E-state index >= 15 is 0 Å². The summed E-state index contributed by atoms with van der Waals surface area (Å²) < 4.78 is 0. The van der Waals surface area contributed by atoms with Gasteiger partial charge in [-0.3, -0.25) is 14.9 Å². The Bertz CT molecular complexity index is 649. The zero-order chi connectivity index (χ0) is 16.4. The van der Waals surface area contributed by atoms with Crippen LogP contribution >= 0.6 is 11.6 Å². The second-order valence-corrected chi connectivity index (χ2v) is 6.31. The van der Waals surface area contributed by atoms with Crippen LogP contribution in [-0.2, 0) is 16.0 Å². The first-order chi connectivity index (χ1) is 11.0. The van der Waals surface area contributed by atoms with Gasteiger partial charge >= 0.3 is 6.03 Å². The summed E-state index contributed by atoms with van der Waals surface area (Å²) in [5, 5.41) is 5.31. The summed E-state index contributed by atoms with van der Waals surface area (Å²) in [4.78, 5) is 37.0. The van der Waals surface area contributed by atoms with Gasteiger partial charge in [0, 0.05) is 17.6 Å². The van der Waals surface area contributed by atoms with Gasteiger partial charge in [-0.2, -0.15) is 0 Å². The van der Waals surface area contributed by atoms with E-state index < -0.39 is 18.0 Å². The molecule has 2 aliphatic heterocycles. The van der Waals surface area contributed by atoms with Crippen molar-refractivity contribution in [1.82, 2.24) is 15.5 Å². The molecule has 23 heavy (non-hydrogen) atoms. The number of hydrogen-bond donors (Lipinski definition) is 2. The number of imide groups is 1. The quantitative estimate of drug-likeness (QED) is 0.818. The van der Waals surface area contributed by atoms with Crippen LogP contribution in [0.3, 0.4) is 0 Å². The number of nitrogens with zero attached hydrogens (tertiary/aromatic N) is 1. The average molecular weight is 336 g/mol. The van der Waals surface area contributed by atoms with Gasteiger partial charge in [-0.1, -0.05) is 29.8 Å². The summed E-state index contributed by atoms with van der Waals surface area (Å²) >= 11 is 6.20. The maximum absolute atomic E-state index is 12.5. The number of hydrogen-bond acceptors (Lipinski definition) is 3. The molecule has 0 radical (unpaired) electrons. The van der Waals surface area contributed by atoms with Gasteiger partial charge in [0.25, 0.3) is 5.91 Å². The van der Waals surface area contributed by atoms with Gasteiger partial charge in [0.05, 0.1) is 6.42 Å². The molecule has 122 valence electrons. The molecule has 3 rings (SSSR count). The smallest absolute Gasteiger partial charge is 0.322 e. The molecule has 1 aromatic carbocycles. The van der Waals surface area contributed by atoms with E-state index in [4.69, 9.17) is 11.6 Å². The van der Waals surface area contributed by atoms with Crippen LogP contribution in [0.15, 0.2) is 24.3 Å². The minimum absolute atomic E-state index is 0.00338. The molecule has 6 nitrogen and oxygen atoms in total. The average Bonchev–Trinajstić information content (AvgIpc) is 3.08. The molecule has 7 heteroatoms. The Morgan fingerprint density at radius 2 is 2.09 bits per heavy atom. The molecule has 4 amide bonds. The number of urea groups is 1. The second kappa shape index (κ2) is 6.58.